The number of anilines is 1. The molecule has 114 valence electrons. The second kappa shape index (κ2) is 5.60. The van der Waals surface area contributed by atoms with Gasteiger partial charge in [0.15, 0.2) is 11.6 Å². The molecule has 1 saturated heterocycles. The van der Waals surface area contributed by atoms with Gasteiger partial charge in [-0.2, -0.15) is 0 Å². The summed E-state index contributed by atoms with van der Waals surface area (Å²) < 4.78 is 29.0. The van der Waals surface area contributed by atoms with Gasteiger partial charge in [-0.25, -0.2) is 13.8 Å². The van der Waals surface area contributed by atoms with Gasteiger partial charge in [0.05, 0.1) is 5.52 Å². The van der Waals surface area contributed by atoms with Crippen LogP contribution in [0, 0.1) is 17.6 Å². The van der Waals surface area contributed by atoms with Gasteiger partial charge < -0.3 is 15.2 Å². The third-order valence-electron chi connectivity index (χ3n) is 4.43. The molecule has 1 aliphatic heterocycles. The van der Waals surface area contributed by atoms with Gasteiger partial charge in [-0.1, -0.05) is 0 Å². The number of hydrogen-bond donors (Lipinski definition) is 1. The van der Waals surface area contributed by atoms with E-state index in [1.54, 1.807) is 4.57 Å². The highest BCUT2D eigenvalue weighted by Gasteiger charge is 2.19. The summed E-state index contributed by atoms with van der Waals surface area (Å²) in [5, 5.41) is 0. The van der Waals surface area contributed by atoms with E-state index in [1.807, 2.05) is 0 Å². The number of nitrogens with two attached hydrogens (primary N) is 1. The van der Waals surface area contributed by atoms with Crippen LogP contribution < -0.4 is 5.73 Å². The van der Waals surface area contributed by atoms with Crippen molar-refractivity contribution < 1.29 is 8.78 Å². The molecule has 2 heterocycles. The monoisotopic (exact) mass is 294 g/mol. The Morgan fingerprint density at radius 3 is 2.71 bits per heavy atom. The summed E-state index contributed by atoms with van der Waals surface area (Å²) in [6.45, 7) is 2.76. The van der Waals surface area contributed by atoms with Crippen LogP contribution in [-0.4, -0.2) is 34.6 Å². The number of hydrogen-bond acceptors (Lipinski definition) is 3. The number of aromatic nitrogens is 2. The summed E-state index contributed by atoms with van der Waals surface area (Å²) in [7, 11) is 2.12. The molecule has 1 aromatic heterocycles. The quantitative estimate of drug-likeness (QED) is 0.946. The summed E-state index contributed by atoms with van der Waals surface area (Å²) >= 11 is 0. The molecule has 0 bridgehead atoms. The SMILES string of the molecule is CN1CCC(CCn2c(N)nc3ccc(F)c(F)c32)CC1. The van der Waals surface area contributed by atoms with Gasteiger partial charge in [-0.15, -0.1) is 0 Å². The summed E-state index contributed by atoms with van der Waals surface area (Å²) in [6.07, 6.45) is 3.19. The van der Waals surface area contributed by atoms with E-state index >= 15 is 0 Å². The van der Waals surface area contributed by atoms with Crippen molar-refractivity contribution in [2.75, 3.05) is 25.9 Å². The average Bonchev–Trinajstić information content (AvgIpc) is 2.79. The highest BCUT2D eigenvalue weighted by molar-refractivity contribution is 5.79. The number of nitrogens with zero attached hydrogens (tertiary/aromatic N) is 3. The van der Waals surface area contributed by atoms with Crippen LogP contribution >= 0.6 is 0 Å². The third kappa shape index (κ3) is 2.72. The number of halogens is 2. The molecule has 0 radical (unpaired) electrons. The lowest BCUT2D eigenvalue weighted by molar-refractivity contribution is 0.208. The first kappa shape index (κ1) is 14.3. The standard InChI is InChI=1S/C15H20F2N4/c1-20-7-4-10(5-8-20)6-9-21-14-12(19-15(21)18)3-2-11(16)13(14)17/h2-3,10H,4-9H2,1H3,(H2,18,19). The van der Waals surface area contributed by atoms with E-state index in [1.165, 1.54) is 6.07 Å². The maximum atomic E-state index is 14.0. The number of fused-ring (bicyclic) bond motifs is 1. The van der Waals surface area contributed by atoms with Crippen molar-refractivity contribution in [2.24, 2.45) is 5.92 Å². The lowest BCUT2D eigenvalue weighted by Gasteiger charge is -2.29. The predicted octanol–water partition coefficient (Wildman–Crippen LogP) is 2.63. The molecular formula is C15H20F2N4. The van der Waals surface area contributed by atoms with Crippen LogP contribution in [0.1, 0.15) is 19.3 Å². The number of rotatable bonds is 3. The van der Waals surface area contributed by atoms with E-state index < -0.39 is 11.6 Å². The van der Waals surface area contributed by atoms with Crippen molar-refractivity contribution >= 4 is 17.0 Å². The molecule has 0 spiro atoms. The fourth-order valence-corrected chi connectivity index (χ4v) is 3.06. The van der Waals surface area contributed by atoms with Crippen LogP contribution in [-0.2, 0) is 6.54 Å². The minimum atomic E-state index is -0.861. The molecule has 0 unspecified atom stereocenters. The Morgan fingerprint density at radius 1 is 1.29 bits per heavy atom. The van der Waals surface area contributed by atoms with E-state index in [0.29, 0.717) is 18.0 Å². The van der Waals surface area contributed by atoms with Gasteiger partial charge in [0.25, 0.3) is 0 Å². The van der Waals surface area contributed by atoms with Crippen molar-refractivity contribution in [3.05, 3.63) is 23.8 Å². The van der Waals surface area contributed by atoms with Gasteiger partial charge in [0.1, 0.15) is 5.52 Å². The first-order valence-electron chi connectivity index (χ1n) is 7.34. The number of benzene rings is 1. The lowest BCUT2D eigenvalue weighted by Crippen LogP contribution is -2.30. The number of nitrogen functional groups attached to an aromatic ring is 1. The Kier molecular flexibility index (Phi) is 3.80. The topological polar surface area (TPSA) is 47.1 Å². The number of imidazole rings is 1. The van der Waals surface area contributed by atoms with Crippen molar-refractivity contribution in [3.8, 4) is 0 Å². The van der Waals surface area contributed by atoms with Crippen molar-refractivity contribution in [1.82, 2.24) is 14.5 Å². The molecule has 0 aliphatic carbocycles. The Bertz CT molecular complexity index is 645. The Hall–Kier alpha value is -1.69. The normalized spacial score (nSPS) is 17.7. The number of piperidine rings is 1. The largest absolute Gasteiger partial charge is 0.369 e. The average molecular weight is 294 g/mol. The smallest absolute Gasteiger partial charge is 0.201 e. The van der Waals surface area contributed by atoms with Crippen LogP contribution in [0.2, 0.25) is 0 Å². The number of likely N-dealkylation sites (tertiary alicyclic amines) is 1. The first-order chi connectivity index (χ1) is 10.1. The van der Waals surface area contributed by atoms with Crippen LogP contribution in [0.5, 0.6) is 0 Å². The second-order valence-corrected chi connectivity index (χ2v) is 5.89. The van der Waals surface area contributed by atoms with E-state index in [9.17, 15) is 8.78 Å². The van der Waals surface area contributed by atoms with Crippen molar-refractivity contribution in [3.63, 3.8) is 0 Å². The van der Waals surface area contributed by atoms with Crippen molar-refractivity contribution in [2.45, 2.75) is 25.8 Å². The third-order valence-corrected chi connectivity index (χ3v) is 4.43. The molecule has 0 saturated carbocycles. The molecule has 2 aromatic rings. The molecule has 2 N–H and O–H groups in total. The highest BCUT2D eigenvalue weighted by Crippen LogP contribution is 2.26. The van der Waals surface area contributed by atoms with Crippen LogP contribution in [0.25, 0.3) is 11.0 Å². The van der Waals surface area contributed by atoms with E-state index in [0.717, 1.165) is 38.4 Å². The molecule has 4 nitrogen and oxygen atoms in total. The molecule has 6 heteroatoms. The summed E-state index contributed by atoms with van der Waals surface area (Å²) in [5.74, 6) is -0.861. The van der Waals surface area contributed by atoms with Gasteiger partial charge in [-0.05, 0) is 57.5 Å². The first-order valence-corrected chi connectivity index (χ1v) is 7.34. The Labute approximate surface area is 122 Å². The van der Waals surface area contributed by atoms with E-state index in [2.05, 4.69) is 16.9 Å². The molecule has 0 atom stereocenters. The Balaban J connectivity index is 1.80. The molecule has 1 aliphatic rings. The predicted molar refractivity (Wildman–Crippen MR) is 78.9 cm³/mol. The summed E-state index contributed by atoms with van der Waals surface area (Å²) in [6, 6.07) is 2.56. The fourth-order valence-electron chi connectivity index (χ4n) is 3.06. The fraction of sp³-hybridized carbons (Fsp3) is 0.533. The van der Waals surface area contributed by atoms with Gasteiger partial charge in [0, 0.05) is 6.54 Å². The minimum Gasteiger partial charge on any atom is -0.369 e. The zero-order chi connectivity index (χ0) is 15.0. The molecule has 3 rings (SSSR count). The highest BCUT2D eigenvalue weighted by atomic mass is 19.2. The maximum absolute atomic E-state index is 14.0. The molecule has 1 fully saturated rings. The van der Waals surface area contributed by atoms with Crippen molar-refractivity contribution in [1.29, 1.82) is 0 Å². The number of aryl methyl sites for hydroxylation is 1. The van der Waals surface area contributed by atoms with Crippen LogP contribution in [0.15, 0.2) is 12.1 Å². The summed E-state index contributed by atoms with van der Waals surface area (Å²) in [5.41, 5.74) is 6.46. The molecule has 21 heavy (non-hydrogen) atoms. The summed E-state index contributed by atoms with van der Waals surface area (Å²) in [4.78, 5) is 6.43. The van der Waals surface area contributed by atoms with Crippen LogP contribution in [0.4, 0.5) is 14.7 Å². The molecular weight excluding hydrogens is 274 g/mol. The second-order valence-electron chi connectivity index (χ2n) is 5.89. The molecule has 0 amide bonds. The zero-order valence-electron chi connectivity index (χ0n) is 12.1. The minimum absolute atomic E-state index is 0.181. The zero-order valence-corrected chi connectivity index (χ0v) is 12.1. The van der Waals surface area contributed by atoms with E-state index in [-0.39, 0.29) is 11.5 Å². The Morgan fingerprint density at radius 2 is 2.00 bits per heavy atom. The molecule has 1 aromatic carbocycles. The lowest BCUT2D eigenvalue weighted by atomic mass is 9.94. The maximum Gasteiger partial charge on any atom is 0.201 e. The van der Waals surface area contributed by atoms with Gasteiger partial charge >= 0.3 is 0 Å². The van der Waals surface area contributed by atoms with Crippen LogP contribution in [0.3, 0.4) is 0 Å². The van der Waals surface area contributed by atoms with E-state index in [4.69, 9.17) is 5.73 Å². The van der Waals surface area contributed by atoms with Gasteiger partial charge in [-0.3, -0.25) is 0 Å². The van der Waals surface area contributed by atoms with Gasteiger partial charge in [0.2, 0.25) is 5.95 Å².